The summed E-state index contributed by atoms with van der Waals surface area (Å²) in [6.45, 7) is 7.18. The fourth-order valence-electron chi connectivity index (χ4n) is 2.28. The maximum Gasteiger partial charge on any atom is 0.339 e. The van der Waals surface area contributed by atoms with Gasteiger partial charge in [0.2, 0.25) is 0 Å². The highest BCUT2D eigenvalue weighted by atomic mass is 35.5. The number of anilines is 1. The predicted octanol–water partition coefficient (Wildman–Crippen LogP) is 4.45. The first-order chi connectivity index (χ1) is 11.3. The van der Waals surface area contributed by atoms with E-state index in [4.69, 9.17) is 16.3 Å². The summed E-state index contributed by atoms with van der Waals surface area (Å²) in [6.07, 6.45) is -0.920. The Kier molecular flexibility index (Phi) is 5.62. The van der Waals surface area contributed by atoms with Crippen LogP contribution in [0.2, 0.25) is 5.02 Å². The van der Waals surface area contributed by atoms with Gasteiger partial charge in [-0.25, -0.2) is 4.79 Å². The molecule has 1 N–H and O–H groups in total. The first kappa shape index (κ1) is 18.0. The Hall–Kier alpha value is -2.33. The van der Waals surface area contributed by atoms with Crippen molar-refractivity contribution in [3.63, 3.8) is 0 Å². The normalized spacial score (nSPS) is 11.7. The van der Waals surface area contributed by atoms with Crippen LogP contribution >= 0.6 is 11.6 Å². The summed E-state index contributed by atoms with van der Waals surface area (Å²) in [6, 6.07) is 10.7. The second kappa shape index (κ2) is 7.49. The molecule has 0 heterocycles. The molecule has 4 nitrogen and oxygen atoms in total. The molecule has 0 aliphatic heterocycles. The second-order valence-corrected chi connectivity index (χ2v) is 6.25. The fourth-order valence-corrected chi connectivity index (χ4v) is 2.46. The zero-order chi connectivity index (χ0) is 17.9. The quantitative estimate of drug-likeness (QED) is 0.833. The highest BCUT2D eigenvalue weighted by Gasteiger charge is 2.20. The smallest absolute Gasteiger partial charge is 0.339 e. The monoisotopic (exact) mass is 345 g/mol. The molecule has 2 aromatic carbocycles. The van der Waals surface area contributed by atoms with Gasteiger partial charge in [-0.05, 0) is 57.0 Å². The Bertz CT molecular complexity index is 786. The number of ether oxygens (including phenoxy) is 1. The standard InChI is InChI=1S/C19H20ClNO3/c1-11-5-8-16(13(3)9-11)19(23)24-14(4)18(22)21-17-10-15(20)7-6-12(17)2/h5-10,14H,1-4H3,(H,21,22). The van der Waals surface area contributed by atoms with Gasteiger partial charge in [0.1, 0.15) is 0 Å². The van der Waals surface area contributed by atoms with Crippen molar-refractivity contribution >= 4 is 29.2 Å². The van der Waals surface area contributed by atoms with E-state index >= 15 is 0 Å². The van der Waals surface area contributed by atoms with E-state index in [1.807, 2.05) is 39.0 Å². The molecular formula is C19H20ClNO3. The molecule has 1 unspecified atom stereocenters. The fraction of sp³-hybridized carbons (Fsp3) is 0.263. The zero-order valence-corrected chi connectivity index (χ0v) is 14.9. The average molecular weight is 346 g/mol. The number of hydrogen-bond acceptors (Lipinski definition) is 3. The number of carbonyl (C=O) groups is 2. The topological polar surface area (TPSA) is 55.4 Å². The van der Waals surface area contributed by atoms with Crippen LogP contribution in [0.15, 0.2) is 36.4 Å². The van der Waals surface area contributed by atoms with Gasteiger partial charge in [-0.2, -0.15) is 0 Å². The third kappa shape index (κ3) is 4.36. The average Bonchev–Trinajstić information content (AvgIpc) is 2.50. The maximum absolute atomic E-state index is 12.3. The van der Waals surface area contributed by atoms with Crippen molar-refractivity contribution in [1.82, 2.24) is 0 Å². The summed E-state index contributed by atoms with van der Waals surface area (Å²) in [5, 5.41) is 3.25. The minimum absolute atomic E-state index is 0.404. The molecule has 0 spiro atoms. The zero-order valence-electron chi connectivity index (χ0n) is 14.1. The molecule has 24 heavy (non-hydrogen) atoms. The van der Waals surface area contributed by atoms with Crippen LogP contribution in [-0.2, 0) is 9.53 Å². The van der Waals surface area contributed by atoms with Crippen LogP contribution in [-0.4, -0.2) is 18.0 Å². The van der Waals surface area contributed by atoms with Crippen LogP contribution in [0.1, 0.15) is 34.0 Å². The number of esters is 1. The van der Waals surface area contributed by atoms with Crippen LogP contribution in [0.5, 0.6) is 0 Å². The molecule has 0 aliphatic rings. The molecule has 1 amide bonds. The molecule has 0 saturated carbocycles. The molecular weight excluding hydrogens is 326 g/mol. The third-order valence-electron chi connectivity index (χ3n) is 3.71. The molecule has 5 heteroatoms. The lowest BCUT2D eigenvalue weighted by molar-refractivity contribution is -0.123. The molecule has 1 atom stereocenters. The van der Waals surface area contributed by atoms with E-state index in [1.54, 1.807) is 18.2 Å². The van der Waals surface area contributed by atoms with E-state index in [9.17, 15) is 9.59 Å². The molecule has 2 aromatic rings. The molecule has 0 bridgehead atoms. The molecule has 0 aromatic heterocycles. The van der Waals surface area contributed by atoms with Gasteiger partial charge in [0.05, 0.1) is 5.56 Å². The van der Waals surface area contributed by atoms with Crippen LogP contribution in [0.25, 0.3) is 0 Å². The number of nitrogens with one attached hydrogen (secondary N) is 1. The molecule has 0 radical (unpaired) electrons. The third-order valence-corrected chi connectivity index (χ3v) is 3.95. The van der Waals surface area contributed by atoms with E-state index in [-0.39, 0.29) is 0 Å². The minimum atomic E-state index is -0.920. The van der Waals surface area contributed by atoms with E-state index in [0.29, 0.717) is 16.3 Å². The minimum Gasteiger partial charge on any atom is -0.449 e. The summed E-state index contributed by atoms with van der Waals surface area (Å²) >= 11 is 5.94. The van der Waals surface area contributed by atoms with Crippen molar-refractivity contribution < 1.29 is 14.3 Å². The first-order valence-electron chi connectivity index (χ1n) is 7.63. The Labute approximate surface area is 146 Å². The number of amides is 1. The Morgan fingerprint density at radius 2 is 1.75 bits per heavy atom. The molecule has 0 aliphatic carbocycles. The van der Waals surface area contributed by atoms with Gasteiger partial charge in [-0.15, -0.1) is 0 Å². The summed E-state index contributed by atoms with van der Waals surface area (Å²) in [7, 11) is 0. The van der Waals surface area contributed by atoms with Crippen LogP contribution in [0.3, 0.4) is 0 Å². The van der Waals surface area contributed by atoms with Gasteiger partial charge in [0.25, 0.3) is 5.91 Å². The van der Waals surface area contributed by atoms with Crippen LogP contribution in [0, 0.1) is 20.8 Å². The lowest BCUT2D eigenvalue weighted by Gasteiger charge is -2.15. The van der Waals surface area contributed by atoms with Crippen LogP contribution < -0.4 is 5.32 Å². The maximum atomic E-state index is 12.3. The van der Waals surface area contributed by atoms with Gasteiger partial charge in [0.15, 0.2) is 6.10 Å². The lowest BCUT2D eigenvalue weighted by Crippen LogP contribution is -2.30. The van der Waals surface area contributed by atoms with E-state index in [0.717, 1.165) is 16.7 Å². The van der Waals surface area contributed by atoms with Crippen LogP contribution in [0.4, 0.5) is 5.69 Å². The van der Waals surface area contributed by atoms with Gasteiger partial charge in [-0.1, -0.05) is 35.4 Å². The summed E-state index contributed by atoms with van der Waals surface area (Å²) in [4.78, 5) is 24.5. The second-order valence-electron chi connectivity index (χ2n) is 5.81. The van der Waals surface area contributed by atoms with Crippen molar-refractivity contribution in [3.8, 4) is 0 Å². The Morgan fingerprint density at radius 1 is 1.04 bits per heavy atom. The first-order valence-corrected chi connectivity index (χ1v) is 8.01. The number of aryl methyl sites for hydroxylation is 3. The molecule has 126 valence electrons. The van der Waals surface area contributed by atoms with Gasteiger partial charge in [0, 0.05) is 10.7 Å². The van der Waals surface area contributed by atoms with Gasteiger partial charge >= 0.3 is 5.97 Å². The predicted molar refractivity (Wildman–Crippen MR) is 95.6 cm³/mol. The number of hydrogen-bond donors (Lipinski definition) is 1. The highest BCUT2D eigenvalue weighted by Crippen LogP contribution is 2.20. The largest absolute Gasteiger partial charge is 0.449 e. The summed E-state index contributed by atoms with van der Waals surface area (Å²) in [5.74, 6) is -0.920. The lowest BCUT2D eigenvalue weighted by atomic mass is 10.1. The molecule has 0 fully saturated rings. The van der Waals surface area contributed by atoms with Gasteiger partial charge < -0.3 is 10.1 Å². The molecule has 2 rings (SSSR count). The van der Waals surface area contributed by atoms with E-state index in [1.165, 1.54) is 6.92 Å². The summed E-state index contributed by atoms with van der Waals surface area (Å²) < 4.78 is 5.28. The number of halogens is 1. The molecule has 0 saturated heterocycles. The van der Waals surface area contributed by atoms with E-state index in [2.05, 4.69) is 5.32 Å². The van der Waals surface area contributed by atoms with E-state index < -0.39 is 18.0 Å². The van der Waals surface area contributed by atoms with Crippen molar-refractivity contribution in [2.75, 3.05) is 5.32 Å². The Balaban J connectivity index is 2.05. The number of rotatable bonds is 4. The SMILES string of the molecule is Cc1ccc(C(=O)OC(C)C(=O)Nc2cc(Cl)ccc2C)c(C)c1. The highest BCUT2D eigenvalue weighted by molar-refractivity contribution is 6.31. The summed E-state index contributed by atoms with van der Waals surface area (Å²) in [5.41, 5.74) is 3.81. The van der Waals surface area contributed by atoms with Crippen molar-refractivity contribution in [2.24, 2.45) is 0 Å². The Morgan fingerprint density at radius 3 is 2.42 bits per heavy atom. The van der Waals surface area contributed by atoms with Gasteiger partial charge in [-0.3, -0.25) is 4.79 Å². The van der Waals surface area contributed by atoms with Crippen molar-refractivity contribution in [3.05, 3.63) is 63.7 Å². The van der Waals surface area contributed by atoms with Crippen molar-refractivity contribution in [1.29, 1.82) is 0 Å². The number of carbonyl (C=O) groups excluding carboxylic acids is 2. The van der Waals surface area contributed by atoms with Crippen molar-refractivity contribution in [2.45, 2.75) is 33.8 Å². The number of benzene rings is 2.